The van der Waals surface area contributed by atoms with Crippen molar-refractivity contribution in [2.24, 2.45) is 5.41 Å². The molecule has 2 aliphatic rings. The summed E-state index contributed by atoms with van der Waals surface area (Å²) in [6.45, 7) is 5.05. The number of unbranched alkanes of at least 4 members (excludes halogenated alkanes) is 4. The normalized spacial score (nSPS) is 18.1. The van der Waals surface area contributed by atoms with E-state index in [9.17, 15) is 14.7 Å². The second kappa shape index (κ2) is 9.98. The summed E-state index contributed by atoms with van der Waals surface area (Å²) < 4.78 is 5.24. The molecular formula is C26H38O4. The lowest BCUT2D eigenvalue weighted by Gasteiger charge is -2.14. The summed E-state index contributed by atoms with van der Waals surface area (Å²) in [5.74, 6) is -0.589. The van der Waals surface area contributed by atoms with Crippen LogP contribution in [-0.4, -0.2) is 23.1 Å². The maximum Gasteiger partial charge on any atom is 0.309 e. The molecule has 0 spiro atoms. The second-order valence-corrected chi connectivity index (χ2v) is 9.80. The van der Waals surface area contributed by atoms with Crippen molar-refractivity contribution in [3.05, 3.63) is 34.4 Å². The van der Waals surface area contributed by atoms with E-state index in [1.807, 2.05) is 0 Å². The molecule has 4 nitrogen and oxygen atoms in total. The number of carboxylic acid groups (broad SMARTS) is 1. The second-order valence-electron chi connectivity index (χ2n) is 9.80. The molecule has 4 heteroatoms. The van der Waals surface area contributed by atoms with E-state index >= 15 is 0 Å². The molecule has 30 heavy (non-hydrogen) atoms. The van der Waals surface area contributed by atoms with Gasteiger partial charge in [-0.3, -0.25) is 9.59 Å². The zero-order valence-electron chi connectivity index (χ0n) is 18.8. The van der Waals surface area contributed by atoms with Gasteiger partial charge in [-0.1, -0.05) is 31.4 Å². The molecule has 0 aromatic heterocycles. The van der Waals surface area contributed by atoms with Crippen LogP contribution in [0.3, 0.4) is 0 Å². The van der Waals surface area contributed by atoms with Crippen molar-refractivity contribution in [1.29, 1.82) is 0 Å². The molecule has 3 rings (SSSR count). The molecule has 2 aliphatic carbocycles. The molecule has 1 aromatic carbocycles. The molecule has 0 aliphatic heterocycles. The fraction of sp³-hybridized carbons (Fsp3) is 0.692. The number of aliphatic carboxylic acids is 1. The van der Waals surface area contributed by atoms with Crippen LogP contribution in [0, 0.1) is 19.3 Å². The molecule has 2 saturated carbocycles. The van der Waals surface area contributed by atoms with E-state index < -0.39 is 5.97 Å². The summed E-state index contributed by atoms with van der Waals surface area (Å²) in [6, 6.07) is 4.72. The highest BCUT2D eigenvalue weighted by molar-refractivity contribution is 5.77. The van der Waals surface area contributed by atoms with Crippen LogP contribution in [0.25, 0.3) is 0 Å². The largest absolute Gasteiger partial charge is 0.481 e. The minimum absolute atomic E-state index is 0.125. The summed E-state index contributed by atoms with van der Waals surface area (Å²) in [5.41, 5.74) is 5.20. The smallest absolute Gasteiger partial charge is 0.309 e. The molecule has 166 valence electrons. The lowest BCUT2D eigenvalue weighted by atomic mass is 9.93. The Morgan fingerprint density at radius 3 is 2.27 bits per heavy atom. The standard InChI is InChI=1S/C26H38O4/c1-20-17-22(9-6-8-12-26(15-16-26)30-19-27)18-23(21(20)2)10-5-3-4-7-11-25(13-14-25)24(28)29/h17-19H,3-16H2,1-2H3,(H,28,29). The van der Waals surface area contributed by atoms with Crippen molar-refractivity contribution in [3.63, 3.8) is 0 Å². The fourth-order valence-corrected chi connectivity index (χ4v) is 4.72. The van der Waals surface area contributed by atoms with Crippen molar-refractivity contribution >= 4 is 12.4 Å². The van der Waals surface area contributed by atoms with E-state index in [0.29, 0.717) is 6.47 Å². The molecule has 2 fully saturated rings. The molecule has 0 saturated heterocycles. The molecular weight excluding hydrogens is 376 g/mol. The average Bonchev–Trinajstić information content (AvgIpc) is 3.63. The van der Waals surface area contributed by atoms with Gasteiger partial charge in [-0.2, -0.15) is 0 Å². The lowest BCUT2D eigenvalue weighted by molar-refractivity contribution is -0.143. The maximum absolute atomic E-state index is 11.2. The van der Waals surface area contributed by atoms with Gasteiger partial charge in [0, 0.05) is 0 Å². The van der Waals surface area contributed by atoms with Crippen LogP contribution in [0.1, 0.15) is 99.3 Å². The molecule has 1 N–H and O–H groups in total. The lowest BCUT2D eigenvalue weighted by Crippen LogP contribution is -2.14. The first-order valence-corrected chi connectivity index (χ1v) is 11.8. The summed E-state index contributed by atoms with van der Waals surface area (Å²) in [4.78, 5) is 21.8. The minimum atomic E-state index is -0.589. The predicted octanol–water partition coefficient (Wildman–Crippen LogP) is 6.08. The van der Waals surface area contributed by atoms with E-state index in [4.69, 9.17) is 4.74 Å². The number of hydrogen-bond acceptors (Lipinski definition) is 3. The van der Waals surface area contributed by atoms with E-state index in [-0.39, 0.29) is 11.0 Å². The van der Waals surface area contributed by atoms with Gasteiger partial charge in [-0.15, -0.1) is 0 Å². The number of benzene rings is 1. The van der Waals surface area contributed by atoms with E-state index in [1.54, 1.807) is 0 Å². The first-order chi connectivity index (χ1) is 14.4. The summed E-state index contributed by atoms with van der Waals surface area (Å²) in [6.07, 6.45) is 14.6. The SMILES string of the molecule is Cc1cc(CCCCC2(OC=O)CC2)cc(CCCCCCC2(C(=O)O)CC2)c1C. The van der Waals surface area contributed by atoms with Crippen LogP contribution in [0.15, 0.2) is 12.1 Å². The molecule has 0 unspecified atom stereocenters. The van der Waals surface area contributed by atoms with Crippen LogP contribution < -0.4 is 0 Å². The zero-order valence-corrected chi connectivity index (χ0v) is 18.8. The van der Waals surface area contributed by atoms with Crippen molar-refractivity contribution < 1.29 is 19.4 Å². The Morgan fingerprint density at radius 2 is 1.63 bits per heavy atom. The Kier molecular flexibility index (Phi) is 7.60. The number of ether oxygens (including phenoxy) is 1. The third kappa shape index (κ3) is 6.09. The van der Waals surface area contributed by atoms with Gasteiger partial charge in [0.2, 0.25) is 0 Å². The molecule has 0 atom stereocenters. The highest BCUT2D eigenvalue weighted by Gasteiger charge is 2.49. The first kappa shape index (κ1) is 22.8. The fourth-order valence-electron chi connectivity index (χ4n) is 4.72. The van der Waals surface area contributed by atoms with Crippen molar-refractivity contribution in [3.8, 4) is 0 Å². The van der Waals surface area contributed by atoms with Gasteiger partial charge in [0.25, 0.3) is 6.47 Å². The van der Waals surface area contributed by atoms with Gasteiger partial charge in [0.1, 0.15) is 5.60 Å². The van der Waals surface area contributed by atoms with Crippen LogP contribution >= 0.6 is 0 Å². The highest BCUT2D eigenvalue weighted by Crippen LogP contribution is 2.50. The topological polar surface area (TPSA) is 63.6 Å². The number of aryl methyl sites for hydroxylation is 3. The van der Waals surface area contributed by atoms with Crippen LogP contribution in [0.4, 0.5) is 0 Å². The Labute approximate surface area is 181 Å². The van der Waals surface area contributed by atoms with Gasteiger partial charge in [-0.05, 0) is 107 Å². The van der Waals surface area contributed by atoms with Gasteiger partial charge in [0.15, 0.2) is 0 Å². The van der Waals surface area contributed by atoms with E-state index in [1.165, 1.54) is 35.1 Å². The van der Waals surface area contributed by atoms with E-state index in [0.717, 1.165) is 77.0 Å². The van der Waals surface area contributed by atoms with Crippen LogP contribution in [-0.2, 0) is 27.2 Å². The number of hydrogen-bond donors (Lipinski definition) is 1. The summed E-state index contributed by atoms with van der Waals surface area (Å²) in [5, 5.41) is 9.26. The van der Waals surface area contributed by atoms with Gasteiger partial charge in [-0.25, -0.2) is 0 Å². The van der Waals surface area contributed by atoms with Crippen molar-refractivity contribution in [1.82, 2.24) is 0 Å². The summed E-state index contributed by atoms with van der Waals surface area (Å²) >= 11 is 0. The Hall–Kier alpha value is -1.84. The Balaban J connectivity index is 1.37. The zero-order chi connectivity index (χ0) is 21.6. The van der Waals surface area contributed by atoms with Gasteiger partial charge < -0.3 is 9.84 Å². The Bertz CT molecular complexity index is 744. The van der Waals surface area contributed by atoms with Crippen LogP contribution in [0.2, 0.25) is 0 Å². The van der Waals surface area contributed by atoms with Crippen molar-refractivity contribution in [2.75, 3.05) is 0 Å². The third-order valence-corrected chi connectivity index (χ3v) is 7.45. The predicted molar refractivity (Wildman–Crippen MR) is 119 cm³/mol. The quantitative estimate of drug-likeness (QED) is 0.279. The third-order valence-electron chi connectivity index (χ3n) is 7.45. The maximum atomic E-state index is 11.2. The first-order valence-electron chi connectivity index (χ1n) is 11.8. The van der Waals surface area contributed by atoms with Gasteiger partial charge in [0.05, 0.1) is 5.41 Å². The minimum Gasteiger partial charge on any atom is -0.481 e. The number of rotatable bonds is 15. The molecule has 0 bridgehead atoms. The van der Waals surface area contributed by atoms with Crippen LogP contribution in [0.5, 0.6) is 0 Å². The molecule has 1 aromatic rings. The molecule has 0 heterocycles. The average molecular weight is 415 g/mol. The Morgan fingerprint density at radius 1 is 0.967 bits per heavy atom. The van der Waals surface area contributed by atoms with Gasteiger partial charge >= 0.3 is 5.97 Å². The monoisotopic (exact) mass is 414 g/mol. The van der Waals surface area contributed by atoms with Crippen molar-refractivity contribution in [2.45, 2.75) is 109 Å². The summed E-state index contributed by atoms with van der Waals surface area (Å²) in [7, 11) is 0. The highest BCUT2D eigenvalue weighted by atomic mass is 16.5. The number of carboxylic acids is 1. The molecule has 0 amide bonds. The number of carbonyl (C=O) groups is 2. The molecule has 0 radical (unpaired) electrons. The number of carbonyl (C=O) groups excluding carboxylic acids is 1. The van der Waals surface area contributed by atoms with E-state index in [2.05, 4.69) is 26.0 Å².